The zero-order valence-corrected chi connectivity index (χ0v) is 17.2. The highest BCUT2D eigenvalue weighted by Crippen LogP contribution is 2.27. The van der Waals surface area contributed by atoms with E-state index in [0.29, 0.717) is 6.54 Å². The third-order valence-electron chi connectivity index (χ3n) is 3.83. The van der Waals surface area contributed by atoms with Gasteiger partial charge in [-0.2, -0.15) is 0 Å². The Hall–Kier alpha value is -2.10. The summed E-state index contributed by atoms with van der Waals surface area (Å²) < 4.78 is 60.2. The Morgan fingerprint density at radius 2 is 1.74 bits per heavy atom. The summed E-state index contributed by atoms with van der Waals surface area (Å²) in [5.41, 5.74) is 0.907. The van der Waals surface area contributed by atoms with Gasteiger partial charge >= 0.3 is 0 Å². The molecule has 0 atom stereocenters. The predicted octanol–water partition coefficient (Wildman–Crippen LogP) is 2.88. The van der Waals surface area contributed by atoms with Gasteiger partial charge in [0.25, 0.3) is 10.0 Å². The fourth-order valence-electron chi connectivity index (χ4n) is 2.40. The summed E-state index contributed by atoms with van der Waals surface area (Å²) in [6, 6.07) is 10.5. The Labute approximate surface area is 160 Å². The molecule has 0 fully saturated rings. The number of hydrogen-bond donors (Lipinski definition) is 2. The van der Waals surface area contributed by atoms with Crippen molar-refractivity contribution in [2.45, 2.75) is 36.5 Å². The van der Waals surface area contributed by atoms with Crippen molar-refractivity contribution in [1.29, 1.82) is 0 Å². The molecule has 27 heavy (non-hydrogen) atoms. The van der Waals surface area contributed by atoms with Crippen LogP contribution >= 0.6 is 0 Å². The average Bonchev–Trinajstić information content (AvgIpc) is 2.61. The second-order valence-electron chi connectivity index (χ2n) is 6.04. The van der Waals surface area contributed by atoms with Crippen molar-refractivity contribution < 1.29 is 21.6 Å². The monoisotopic (exact) mass is 412 g/mol. The van der Waals surface area contributed by atoms with Crippen molar-refractivity contribution in [3.05, 3.63) is 48.0 Å². The first-order valence-corrected chi connectivity index (χ1v) is 11.4. The maximum Gasteiger partial charge on any atom is 0.265 e. The number of ether oxygens (including phenoxy) is 1. The van der Waals surface area contributed by atoms with E-state index in [1.54, 1.807) is 19.1 Å². The van der Waals surface area contributed by atoms with Crippen LogP contribution in [0.3, 0.4) is 0 Å². The highest BCUT2D eigenvalue weighted by molar-refractivity contribution is 7.92. The number of anilines is 1. The van der Waals surface area contributed by atoms with E-state index in [0.717, 1.165) is 18.4 Å². The van der Waals surface area contributed by atoms with E-state index in [4.69, 9.17) is 4.74 Å². The normalized spacial score (nSPS) is 12.0. The van der Waals surface area contributed by atoms with E-state index in [9.17, 15) is 16.8 Å². The number of benzene rings is 2. The van der Waals surface area contributed by atoms with Gasteiger partial charge in [-0.05, 0) is 49.2 Å². The number of sulfonamides is 2. The van der Waals surface area contributed by atoms with E-state index in [-0.39, 0.29) is 21.2 Å². The van der Waals surface area contributed by atoms with Crippen molar-refractivity contribution in [2.75, 3.05) is 18.4 Å². The third kappa shape index (κ3) is 5.44. The molecule has 0 aliphatic rings. The summed E-state index contributed by atoms with van der Waals surface area (Å²) in [6.45, 7) is 4.06. The van der Waals surface area contributed by atoms with E-state index in [2.05, 4.69) is 9.44 Å². The summed E-state index contributed by atoms with van der Waals surface area (Å²) in [5, 5.41) is 0. The number of rotatable bonds is 9. The molecule has 0 unspecified atom stereocenters. The van der Waals surface area contributed by atoms with Gasteiger partial charge in [0.15, 0.2) is 0 Å². The second-order valence-corrected chi connectivity index (χ2v) is 9.46. The average molecular weight is 413 g/mol. The smallest absolute Gasteiger partial charge is 0.265 e. The van der Waals surface area contributed by atoms with Gasteiger partial charge in [0, 0.05) is 6.54 Å². The summed E-state index contributed by atoms with van der Waals surface area (Å²) in [7, 11) is -6.27. The van der Waals surface area contributed by atoms with E-state index in [1.807, 2.05) is 6.92 Å². The van der Waals surface area contributed by atoms with Crippen LogP contribution in [0.15, 0.2) is 52.3 Å². The van der Waals surface area contributed by atoms with Crippen molar-refractivity contribution >= 4 is 25.7 Å². The van der Waals surface area contributed by atoms with Gasteiger partial charge in [-0.25, -0.2) is 21.6 Å². The molecular formula is C18H24N2O5S2. The molecule has 2 aromatic rings. The van der Waals surface area contributed by atoms with Crippen molar-refractivity contribution in [3.8, 4) is 5.75 Å². The summed E-state index contributed by atoms with van der Waals surface area (Å²) >= 11 is 0. The van der Waals surface area contributed by atoms with Crippen LogP contribution in [0.4, 0.5) is 5.69 Å². The number of aryl methyl sites for hydroxylation is 1. The SMILES string of the molecule is CCCCNS(=O)(=O)c1cccc(NS(=O)(=O)c2cc(C)ccc2OC)c1. The molecule has 0 bridgehead atoms. The molecular weight excluding hydrogens is 388 g/mol. The zero-order valence-electron chi connectivity index (χ0n) is 15.5. The molecule has 7 nitrogen and oxygen atoms in total. The largest absolute Gasteiger partial charge is 0.495 e. The van der Waals surface area contributed by atoms with Crippen molar-refractivity contribution in [1.82, 2.24) is 4.72 Å². The molecule has 0 spiro atoms. The van der Waals surface area contributed by atoms with Crippen LogP contribution in [-0.2, 0) is 20.0 Å². The minimum atomic E-state index is -3.95. The van der Waals surface area contributed by atoms with E-state index < -0.39 is 20.0 Å². The zero-order chi connectivity index (χ0) is 20.1. The van der Waals surface area contributed by atoms with Crippen LogP contribution in [0.1, 0.15) is 25.3 Å². The Morgan fingerprint density at radius 1 is 1.00 bits per heavy atom. The van der Waals surface area contributed by atoms with Gasteiger partial charge in [-0.3, -0.25) is 4.72 Å². The first kappa shape index (κ1) is 21.2. The fourth-order valence-corrected chi connectivity index (χ4v) is 4.82. The molecule has 2 aromatic carbocycles. The lowest BCUT2D eigenvalue weighted by molar-refractivity contribution is 0.402. The topological polar surface area (TPSA) is 102 Å². The standard InChI is InChI=1S/C18H24N2O5S2/c1-4-5-11-19-26(21,22)16-8-6-7-15(13-16)20-27(23,24)18-12-14(2)9-10-17(18)25-3/h6-10,12-13,19-20H,4-5,11H2,1-3H3. The number of methoxy groups -OCH3 is 1. The van der Waals surface area contributed by atoms with Crippen molar-refractivity contribution in [3.63, 3.8) is 0 Å². The molecule has 0 radical (unpaired) electrons. The molecule has 2 rings (SSSR count). The Balaban J connectivity index is 2.32. The van der Waals surface area contributed by atoms with Gasteiger partial charge in [-0.1, -0.05) is 25.5 Å². The first-order chi connectivity index (χ1) is 12.7. The van der Waals surface area contributed by atoms with Crippen LogP contribution in [0.25, 0.3) is 0 Å². The summed E-state index contributed by atoms with van der Waals surface area (Å²) in [4.78, 5) is -0.0191. The van der Waals surface area contributed by atoms with Crippen LogP contribution < -0.4 is 14.2 Å². The highest BCUT2D eigenvalue weighted by Gasteiger charge is 2.21. The first-order valence-electron chi connectivity index (χ1n) is 8.47. The van der Waals surface area contributed by atoms with Gasteiger partial charge in [0.05, 0.1) is 17.7 Å². The van der Waals surface area contributed by atoms with Gasteiger partial charge in [0.2, 0.25) is 10.0 Å². The molecule has 0 saturated heterocycles. The lowest BCUT2D eigenvalue weighted by atomic mass is 10.2. The third-order valence-corrected chi connectivity index (χ3v) is 6.69. The van der Waals surface area contributed by atoms with Crippen molar-refractivity contribution in [2.24, 2.45) is 0 Å². The molecule has 9 heteroatoms. The summed E-state index contributed by atoms with van der Waals surface area (Å²) in [5.74, 6) is 0.207. The quantitative estimate of drug-likeness (QED) is 0.617. The molecule has 0 aliphatic heterocycles. The molecule has 0 aliphatic carbocycles. The second kappa shape index (κ2) is 8.73. The van der Waals surface area contributed by atoms with Crippen LogP contribution in [0.2, 0.25) is 0 Å². The van der Waals surface area contributed by atoms with Gasteiger partial charge in [-0.15, -0.1) is 0 Å². The molecule has 0 aromatic heterocycles. The maximum atomic E-state index is 12.7. The van der Waals surface area contributed by atoms with Crippen LogP contribution in [0, 0.1) is 6.92 Å². The van der Waals surface area contributed by atoms with Crippen LogP contribution in [-0.4, -0.2) is 30.5 Å². The molecule has 148 valence electrons. The Kier molecular flexibility index (Phi) is 6.85. The molecule has 0 amide bonds. The number of unbranched alkanes of at least 4 members (excludes halogenated alkanes) is 1. The number of hydrogen-bond acceptors (Lipinski definition) is 5. The number of nitrogens with one attached hydrogen (secondary N) is 2. The molecule has 2 N–H and O–H groups in total. The van der Waals surface area contributed by atoms with Gasteiger partial charge < -0.3 is 4.74 Å². The fraction of sp³-hybridized carbons (Fsp3) is 0.333. The van der Waals surface area contributed by atoms with Crippen LogP contribution in [0.5, 0.6) is 5.75 Å². The minimum Gasteiger partial charge on any atom is -0.495 e. The van der Waals surface area contributed by atoms with E-state index >= 15 is 0 Å². The predicted molar refractivity (Wildman–Crippen MR) is 105 cm³/mol. The summed E-state index contributed by atoms with van der Waals surface area (Å²) in [6.07, 6.45) is 1.58. The van der Waals surface area contributed by atoms with Gasteiger partial charge in [0.1, 0.15) is 10.6 Å². The van der Waals surface area contributed by atoms with E-state index in [1.165, 1.54) is 37.4 Å². The Bertz CT molecular complexity index is 1000. The molecule has 0 heterocycles. The minimum absolute atomic E-state index is 0.00462. The maximum absolute atomic E-state index is 12.7. The Morgan fingerprint density at radius 3 is 2.41 bits per heavy atom. The molecule has 0 saturated carbocycles. The lowest BCUT2D eigenvalue weighted by Crippen LogP contribution is -2.25. The lowest BCUT2D eigenvalue weighted by Gasteiger charge is -2.13. The highest BCUT2D eigenvalue weighted by atomic mass is 32.2.